The van der Waals surface area contributed by atoms with Gasteiger partial charge >= 0.3 is 0 Å². The molecule has 0 spiro atoms. The van der Waals surface area contributed by atoms with E-state index >= 15 is 0 Å². The molecular formula is C26H42. The molecule has 0 aromatic carbocycles. The summed E-state index contributed by atoms with van der Waals surface area (Å²) in [6.45, 7) is 9.88. The third-order valence-electron chi connectivity index (χ3n) is 8.93. The second kappa shape index (κ2) is 7.48. The molecule has 4 aliphatic carbocycles. The number of rotatable bonds is 5. The van der Waals surface area contributed by atoms with Crippen LogP contribution in [0.5, 0.6) is 0 Å². The molecule has 0 aromatic rings. The van der Waals surface area contributed by atoms with Crippen LogP contribution in [-0.2, 0) is 0 Å². The molecule has 0 saturated heterocycles. The molecule has 4 aliphatic rings. The predicted molar refractivity (Wildman–Crippen MR) is 113 cm³/mol. The summed E-state index contributed by atoms with van der Waals surface area (Å²) in [4.78, 5) is 0. The molecule has 0 nitrogen and oxygen atoms in total. The Hall–Kier alpha value is -0.520. The average Bonchev–Trinajstić information content (AvgIpc) is 2.94. The Bertz CT molecular complexity index is 565. The first kappa shape index (κ1) is 18.8. The van der Waals surface area contributed by atoms with Crippen molar-refractivity contribution in [2.45, 2.75) is 98.3 Å². The van der Waals surface area contributed by atoms with Gasteiger partial charge in [0.1, 0.15) is 0 Å². The van der Waals surface area contributed by atoms with E-state index in [1.54, 1.807) is 5.57 Å². The molecule has 0 aliphatic heterocycles. The van der Waals surface area contributed by atoms with Crippen molar-refractivity contribution in [3.63, 3.8) is 0 Å². The minimum absolute atomic E-state index is 0.660. The molecule has 0 radical (unpaired) electrons. The van der Waals surface area contributed by atoms with Gasteiger partial charge in [-0.2, -0.15) is 0 Å². The zero-order valence-electron chi connectivity index (χ0n) is 17.9. The number of unbranched alkanes of at least 4 members (excludes halogenated alkanes) is 1. The summed E-state index contributed by atoms with van der Waals surface area (Å²) in [6.07, 6.45) is 21.3. The van der Waals surface area contributed by atoms with Crippen LogP contribution in [0.2, 0.25) is 0 Å². The standard InChI is InChI=1S/C26H42/c1-18(2)7-5-6-8-21-11-14-25-24-13-10-20-17-19(3)9-12-22(20)23(24)15-16-26(21,25)4/h10,12,18-19,21,23-25H,5-9,11,13-17H2,1-4H3. The largest absolute Gasteiger partial charge is 0.0807 e. The lowest BCUT2D eigenvalue weighted by Gasteiger charge is -2.52. The van der Waals surface area contributed by atoms with E-state index in [0.717, 1.165) is 35.5 Å². The molecule has 0 aromatic heterocycles. The molecule has 0 bridgehead atoms. The van der Waals surface area contributed by atoms with Gasteiger partial charge in [0.15, 0.2) is 0 Å². The highest BCUT2D eigenvalue weighted by Crippen LogP contribution is 2.63. The zero-order valence-corrected chi connectivity index (χ0v) is 17.9. The Morgan fingerprint density at radius 3 is 2.73 bits per heavy atom. The maximum atomic E-state index is 2.70. The fraction of sp³-hybridized carbons (Fsp3) is 0.846. The zero-order chi connectivity index (χ0) is 18.3. The van der Waals surface area contributed by atoms with Gasteiger partial charge in [0.2, 0.25) is 0 Å². The Labute approximate surface area is 162 Å². The molecule has 0 N–H and O–H groups in total. The van der Waals surface area contributed by atoms with Gasteiger partial charge in [0.25, 0.3) is 0 Å². The van der Waals surface area contributed by atoms with Gasteiger partial charge in [-0.05, 0) is 103 Å². The Morgan fingerprint density at radius 1 is 1.08 bits per heavy atom. The van der Waals surface area contributed by atoms with Crippen molar-refractivity contribution in [1.29, 1.82) is 0 Å². The van der Waals surface area contributed by atoms with Crippen molar-refractivity contribution in [3.8, 4) is 0 Å². The highest BCUT2D eigenvalue weighted by atomic mass is 14.6. The van der Waals surface area contributed by atoms with E-state index in [9.17, 15) is 0 Å². The first-order valence-corrected chi connectivity index (χ1v) is 11.9. The summed E-state index contributed by atoms with van der Waals surface area (Å²) in [5.74, 6) is 5.67. The molecule has 0 heteroatoms. The van der Waals surface area contributed by atoms with Crippen LogP contribution < -0.4 is 0 Å². The maximum Gasteiger partial charge on any atom is -0.0128 e. The summed E-state index contributed by atoms with van der Waals surface area (Å²) < 4.78 is 0. The van der Waals surface area contributed by atoms with Crippen LogP contribution in [0.4, 0.5) is 0 Å². The summed E-state index contributed by atoms with van der Waals surface area (Å²) in [5.41, 5.74) is 4.21. The van der Waals surface area contributed by atoms with E-state index in [4.69, 9.17) is 0 Å². The van der Waals surface area contributed by atoms with Crippen molar-refractivity contribution in [1.82, 2.24) is 0 Å². The van der Waals surface area contributed by atoms with Crippen molar-refractivity contribution < 1.29 is 0 Å². The van der Waals surface area contributed by atoms with Crippen molar-refractivity contribution >= 4 is 0 Å². The number of allylic oxidation sites excluding steroid dienone is 4. The molecule has 146 valence electrons. The SMILES string of the molecule is CC(C)CCCCC1CCC2C3CC=C4CC(C)CC=C4C3CCC12C. The third kappa shape index (κ3) is 3.35. The van der Waals surface area contributed by atoms with Gasteiger partial charge in [-0.15, -0.1) is 0 Å². The maximum absolute atomic E-state index is 2.70. The number of fused-ring (bicyclic) bond motifs is 5. The van der Waals surface area contributed by atoms with Crippen LogP contribution in [-0.4, -0.2) is 0 Å². The highest BCUT2D eigenvalue weighted by molar-refractivity contribution is 5.39. The Kier molecular flexibility index (Phi) is 5.42. The molecule has 6 atom stereocenters. The van der Waals surface area contributed by atoms with E-state index in [0.29, 0.717) is 5.41 Å². The Morgan fingerprint density at radius 2 is 1.92 bits per heavy atom. The van der Waals surface area contributed by atoms with Crippen LogP contribution in [0.25, 0.3) is 0 Å². The predicted octanol–water partition coefficient (Wildman–Crippen LogP) is 7.95. The first-order valence-electron chi connectivity index (χ1n) is 11.9. The fourth-order valence-corrected chi connectivity index (χ4v) is 7.43. The lowest BCUT2D eigenvalue weighted by atomic mass is 9.53. The van der Waals surface area contributed by atoms with Gasteiger partial charge in [-0.3, -0.25) is 0 Å². The number of hydrogen-bond acceptors (Lipinski definition) is 0. The second-order valence-electron chi connectivity index (χ2n) is 11.0. The summed E-state index contributed by atoms with van der Waals surface area (Å²) in [6, 6.07) is 0. The number of hydrogen-bond donors (Lipinski definition) is 0. The monoisotopic (exact) mass is 354 g/mol. The van der Waals surface area contributed by atoms with Crippen LogP contribution in [0.3, 0.4) is 0 Å². The van der Waals surface area contributed by atoms with E-state index in [-0.39, 0.29) is 0 Å². The van der Waals surface area contributed by atoms with Gasteiger partial charge in [-0.25, -0.2) is 0 Å². The molecular weight excluding hydrogens is 312 g/mol. The van der Waals surface area contributed by atoms with Crippen molar-refractivity contribution in [3.05, 3.63) is 23.3 Å². The average molecular weight is 355 g/mol. The topological polar surface area (TPSA) is 0 Å². The molecule has 2 saturated carbocycles. The van der Waals surface area contributed by atoms with Gasteiger partial charge in [0, 0.05) is 0 Å². The van der Waals surface area contributed by atoms with Crippen molar-refractivity contribution in [2.75, 3.05) is 0 Å². The molecule has 0 amide bonds. The molecule has 0 heterocycles. The third-order valence-corrected chi connectivity index (χ3v) is 8.93. The molecule has 6 unspecified atom stereocenters. The minimum Gasteiger partial charge on any atom is -0.0807 e. The molecule has 4 rings (SSSR count). The molecule has 26 heavy (non-hydrogen) atoms. The van der Waals surface area contributed by atoms with Crippen LogP contribution in [0.15, 0.2) is 23.3 Å². The summed E-state index contributed by atoms with van der Waals surface area (Å²) in [7, 11) is 0. The van der Waals surface area contributed by atoms with Crippen LogP contribution >= 0.6 is 0 Å². The van der Waals surface area contributed by atoms with Crippen molar-refractivity contribution in [2.24, 2.45) is 40.9 Å². The van der Waals surface area contributed by atoms with E-state index in [1.807, 2.05) is 5.57 Å². The lowest BCUT2D eigenvalue weighted by molar-refractivity contribution is 0.0192. The minimum atomic E-state index is 0.660. The quantitative estimate of drug-likeness (QED) is 0.439. The van der Waals surface area contributed by atoms with Gasteiger partial charge in [-0.1, -0.05) is 59.1 Å². The Balaban J connectivity index is 1.43. The highest BCUT2D eigenvalue weighted by Gasteiger charge is 2.54. The van der Waals surface area contributed by atoms with Gasteiger partial charge in [0.05, 0.1) is 0 Å². The summed E-state index contributed by atoms with van der Waals surface area (Å²) >= 11 is 0. The van der Waals surface area contributed by atoms with E-state index in [1.165, 1.54) is 70.6 Å². The van der Waals surface area contributed by atoms with Crippen LogP contribution in [0, 0.1) is 40.9 Å². The normalized spacial score (nSPS) is 42.0. The summed E-state index contributed by atoms with van der Waals surface area (Å²) in [5, 5.41) is 0. The van der Waals surface area contributed by atoms with E-state index in [2.05, 4.69) is 39.8 Å². The fourth-order valence-electron chi connectivity index (χ4n) is 7.43. The second-order valence-corrected chi connectivity index (χ2v) is 11.0. The smallest absolute Gasteiger partial charge is 0.0128 e. The van der Waals surface area contributed by atoms with Gasteiger partial charge < -0.3 is 0 Å². The molecule has 2 fully saturated rings. The lowest BCUT2D eigenvalue weighted by Crippen LogP contribution is -2.43. The van der Waals surface area contributed by atoms with E-state index < -0.39 is 0 Å². The van der Waals surface area contributed by atoms with Crippen LogP contribution in [0.1, 0.15) is 98.3 Å². The first-order chi connectivity index (χ1) is 12.5.